The van der Waals surface area contributed by atoms with Crippen molar-refractivity contribution in [1.82, 2.24) is 9.55 Å². The molecule has 2 unspecified atom stereocenters. The molecule has 0 aliphatic carbocycles. The molecule has 2 rings (SSSR count). The van der Waals surface area contributed by atoms with Gasteiger partial charge in [-0.2, -0.15) is 13.2 Å². The van der Waals surface area contributed by atoms with Gasteiger partial charge in [0.05, 0.1) is 17.6 Å². The van der Waals surface area contributed by atoms with E-state index in [4.69, 9.17) is 0 Å². The Labute approximate surface area is 148 Å². The highest BCUT2D eigenvalue weighted by atomic mass is 19.4. The molecule has 0 saturated heterocycles. The number of carbonyl (C=O) groups excluding carboxylic acids is 1. The third kappa shape index (κ3) is 4.69. The summed E-state index contributed by atoms with van der Waals surface area (Å²) in [5.74, 6) is -2.59. The average Bonchev–Trinajstić information content (AvgIpc) is 3.09. The van der Waals surface area contributed by atoms with Crippen molar-refractivity contribution in [3.63, 3.8) is 0 Å². The Hall–Kier alpha value is -2.22. The minimum atomic E-state index is -4.70. The van der Waals surface area contributed by atoms with Gasteiger partial charge in [-0.3, -0.25) is 9.36 Å². The number of aliphatic hydroxyl groups is 1. The van der Waals surface area contributed by atoms with Gasteiger partial charge in [0.1, 0.15) is 12.1 Å². The summed E-state index contributed by atoms with van der Waals surface area (Å²) in [6.07, 6.45) is -1.76. The van der Waals surface area contributed by atoms with E-state index >= 15 is 0 Å². The minimum absolute atomic E-state index is 0.00886. The number of imidazole rings is 1. The third-order valence-electron chi connectivity index (χ3n) is 4.27. The van der Waals surface area contributed by atoms with E-state index in [2.05, 4.69) is 4.98 Å². The molecule has 0 saturated carbocycles. The zero-order valence-electron chi connectivity index (χ0n) is 14.4. The number of hydrogen-bond donors (Lipinski definition) is 1. The standard InChI is InChI=1S/C18H20F4N2O2/c1-11(2)16(25)14(17(26)24-8-7-23-10-24)6-4-12-3-5-13(19)9-15(12)18(20,21)22/h3,5,7-11,14,16,25H,4,6H2,1-2H3. The number of alkyl halides is 3. The Balaban J connectivity index is 2.26. The molecule has 0 aliphatic rings. The van der Waals surface area contributed by atoms with Crippen LogP contribution in [-0.4, -0.2) is 26.7 Å². The van der Waals surface area contributed by atoms with Crippen LogP contribution < -0.4 is 0 Å². The number of hydrogen-bond acceptors (Lipinski definition) is 3. The van der Waals surface area contributed by atoms with E-state index in [1.54, 1.807) is 13.8 Å². The molecule has 0 spiro atoms. The SMILES string of the molecule is CC(C)C(O)C(CCc1ccc(F)cc1C(F)(F)F)C(=O)n1ccnc1. The molecule has 0 amide bonds. The van der Waals surface area contributed by atoms with Crippen molar-refractivity contribution in [3.05, 3.63) is 53.9 Å². The first-order valence-corrected chi connectivity index (χ1v) is 8.17. The topological polar surface area (TPSA) is 55.1 Å². The minimum Gasteiger partial charge on any atom is -0.392 e. The number of aryl methyl sites for hydroxylation is 1. The van der Waals surface area contributed by atoms with Crippen LogP contribution in [0.25, 0.3) is 0 Å². The van der Waals surface area contributed by atoms with Crippen molar-refractivity contribution in [2.75, 3.05) is 0 Å². The van der Waals surface area contributed by atoms with Gasteiger partial charge in [-0.15, -0.1) is 0 Å². The molecule has 0 bridgehead atoms. The van der Waals surface area contributed by atoms with Gasteiger partial charge in [-0.1, -0.05) is 19.9 Å². The summed E-state index contributed by atoms with van der Waals surface area (Å²) in [6.45, 7) is 3.44. The molecule has 4 nitrogen and oxygen atoms in total. The Morgan fingerprint density at radius 2 is 2.00 bits per heavy atom. The van der Waals surface area contributed by atoms with Gasteiger partial charge in [0.2, 0.25) is 5.91 Å². The second-order valence-corrected chi connectivity index (χ2v) is 6.49. The summed E-state index contributed by atoms with van der Waals surface area (Å²) in [4.78, 5) is 16.4. The van der Waals surface area contributed by atoms with E-state index in [1.807, 2.05) is 0 Å². The van der Waals surface area contributed by atoms with Crippen LogP contribution in [0.3, 0.4) is 0 Å². The van der Waals surface area contributed by atoms with Gasteiger partial charge < -0.3 is 5.11 Å². The largest absolute Gasteiger partial charge is 0.416 e. The Morgan fingerprint density at radius 3 is 2.54 bits per heavy atom. The second kappa shape index (κ2) is 7.99. The summed E-state index contributed by atoms with van der Waals surface area (Å²) in [6, 6.07) is 2.47. The van der Waals surface area contributed by atoms with Crippen molar-refractivity contribution in [2.24, 2.45) is 11.8 Å². The number of aliphatic hydroxyl groups excluding tert-OH is 1. The number of aromatic nitrogens is 2. The molecule has 26 heavy (non-hydrogen) atoms. The van der Waals surface area contributed by atoms with Crippen molar-refractivity contribution in [2.45, 2.75) is 39.0 Å². The first-order valence-electron chi connectivity index (χ1n) is 8.17. The van der Waals surface area contributed by atoms with Crippen LogP contribution in [0.15, 0.2) is 36.9 Å². The summed E-state index contributed by atoms with van der Waals surface area (Å²) < 4.78 is 53.8. The summed E-state index contributed by atoms with van der Waals surface area (Å²) in [5, 5.41) is 10.4. The number of nitrogens with zero attached hydrogens (tertiary/aromatic N) is 2. The maximum absolute atomic E-state index is 13.2. The molecule has 0 fully saturated rings. The maximum atomic E-state index is 13.2. The lowest BCUT2D eigenvalue weighted by Gasteiger charge is -2.25. The molecule has 1 heterocycles. The zero-order chi connectivity index (χ0) is 19.5. The van der Waals surface area contributed by atoms with Gasteiger partial charge in [0.25, 0.3) is 0 Å². The predicted molar refractivity (Wildman–Crippen MR) is 86.9 cm³/mol. The lowest BCUT2D eigenvalue weighted by molar-refractivity contribution is -0.138. The fourth-order valence-electron chi connectivity index (χ4n) is 2.83. The molecular weight excluding hydrogens is 352 g/mol. The summed E-state index contributed by atoms with van der Waals surface area (Å²) in [5.41, 5.74) is -1.18. The zero-order valence-corrected chi connectivity index (χ0v) is 14.4. The lowest BCUT2D eigenvalue weighted by Crippen LogP contribution is -2.35. The molecule has 142 valence electrons. The number of carbonyl (C=O) groups is 1. The van der Waals surface area contributed by atoms with Crippen LogP contribution in [0, 0.1) is 17.7 Å². The quantitative estimate of drug-likeness (QED) is 0.782. The second-order valence-electron chi connectivity index (χ2n) is 6.49. The van der Waals surface area contributed by atoms with Crippen LogP contribution in [0.1, 0.15) is 36.2 Å². The fraction of sp³-hybridized carbons (Fsp3) is 0.444. The molecule has 0 aliphatic heterocycles. The lowest BCUT2D eigenvalue weighted by atomic mass is 9.86. The molecule has 1 aromatic heterocycles. The number of rotatable bonds is 6. The van der Waals surface area contributed by atoms with Crippen LogP contribution >= 0.6 is 0 Å². The molecule has 8 heteroatoms. The molecule has 2 atom stereocenters. The van der Waals surface area contributed by atoms with E-state index in [1.165, 1.54) is 23.3 Å². The number of benzene rings is 1. The highest BCUT2D eigenvalue weighted by Crippen LogP contribution is 2.34. The van der Waals surface area contributed by atoms with Gasteiger partial charge >= 0.3 is 6.18 Å². The molecule has 1 aromatic carbocycles. The van der Waals surface area contributed by atoms with Crippen LogP contribution in [0.4, 0.5) is 17.6 Å². The van der Waals surface area contributed by atoms with E-state index in [0.29, 0.717) is 6.07 Å². The van der Waals surface area contributed by atoms with Gasteiger partial charge in [0.15, 0.2) is 0 Å². The molecule has 1 N–H and O–H groups in total. The maximum Gasteiger partial charge on any atom is 0.416 e. The highest BCUT2D eigenvalue weighted by molar-refractivity contribution is 5.81. The molecule has 0 radical (unpaired) electrons. The van der Waals surface area contributed by atoms with Crippen LogP contribution in [0.5, 0.6) is 0 Å². The van der Waals surface area contributed by atoms with E-state index in [0.717, 1.165) is 12.1 Å². The fourth-order valence-corrected chi connectivity index (χ4v) is 2.83. The first kappa shape index (κ1) is 20.1. The van der Waals surface area contributed by atoms with Crippen molar-refractivity contribution in [1.29, 1.82) is 0 Å². The van der Waals surface area contributed by atoms with Crippen LogP contribution in [-0.2, 0) is 12.6 Å². The smallest absolute Gasteiger partial charge is 0.392 e. The Bertz CT molecular complexity index is 742. The summed E-state index contributed by atoms with van der Waals surface area (Å²) in [7, 11) is 0. The van der Waals surface area contributed by atoms with E-state index in [9.17, 15) is 27.5 Å². The normalized spacial score (nSPS) is 14.5. The highest BCUT2D eigenvalue weighted by Gasteiger charge is 2.35. The van der Waals surface area contributed by atoms with Gasteiger partial charge in [-0.25, -0.2) is 9.37 Å². The first-order chi connectivity index (χ1) is 12.1. The van der Waals surface area contributed by atoms with Crippen LogP contribution in [0.2, 0.25) is 0 Å². The summed E-state index contributed by atoms with van der Waals surface area (Å²) >= 11 is 0. The molecule has 2 aromatic rings. The Kier molecular flexibility index (Phi) is 6.17. The average molecular weight is 372 g/mol. The Morgan fingerprint density at radius 1 is 1.31 bits per heavy atom. The molecular formula is C18H20F4N2O2. The van der Waals surface area contributed by atoms with Gasteiger partial charge in [0, 0.05) is 12.4 Å². The van der Waals surface area contributed by atoms with Crippen molar-refractivity contribution < 1.29 is 27.5 Å². The number of halogens is 4. The van der Waals surface area contributed by atoms with E-state index < -0.39 is 35.5 Å². The van der Waals surface area contributed by atoms with E-state index in [-0.39, 0.29) is 24.3 Å². The predicted octanol–water partition coefficient (Wildman–Crippen LogP) is 3.95. The third-order valence-corrected chi connectivity index (χ3v) is 4.27. The van der Waals surface area contributed by atoms with Gasteiger partial charge in [-0.05, 0) is 36.5 Å². The van der Waals surface area contributed by atoms with Crippen molar-refractivity contribution in [3.8, 4) is 0 Å². The van der Waals surface area contributed by atoms with Crippen molar-refractivity contribution >= 4 is 5.91 Å². The monoisotopic (exact) mass is 372 g/mol.